The third kappa shape index (κ3) is 5.38. The highest BCUT2D eigenvalue weighted by Crippen LogP contribution is 2.30. The lowest BCUT2D eigenvalue weighted by Gasteiger charge is -2.29. The molecular weight excluding hydrogens is 506 g/mol. The molecule has 11 heteroatoms. The molecule has 0 radical (unpaired) electrons. The van der Waals surface area contributed by atoms with Crippen LogP contribution in [0, 0.1) is 10.1 Å². The van der Waals surface area contributed by atoms with Gasteiger partial charge in [-0.25, -0.2) is 9.78 Å². The summed E-state index contributed by atoms with van der Waals surface area (Å²) in [4.78, 5) is 47.9. The molecule has 1 aliphatic rings. The van der Waals surface area contributed by atoms with Crippen LogP contribution in [0.1, 0.15) is 35.0 Å². The van der Waals surface area contributed by atoms with Gasteiger partial charge in [0.1, 0.15) is 0 Å². The summed E-state index contributed by atoms with van der Waals surface area (Å²) in [7, 11) is 0. The molecule has 0 atom stereocenters. The lowest BCUT2D eigenvalue weighted by Crippen LogP contribution is -2.33. The number of anilines is 1. The summed E-state index contributed by atoms with van der Waals surface area (Å²) >= 11 is 1.18. The maximum absolute atomic E-state index is 13.3. The van der Waals surface area contributed by atoms with E-state index < -0.39 is 23.4 Å². The van der Waals surface area contributed by atoms with Gasteiger partial charge in [-0.1, -0.05) is 37.3 Å². The lowest BCUT2D eigenvalue weighted by molar-refractivity contribution is -0.384. The average Bonchev–Trinajstić information content (AvgIpc) is 3.39. The third-order valence-electron chi connectivity index (χ3n) is 6.31. The topological polar surface area (TPSA) is 128 Å². The van der Waals surface area contributed by atoms with Crippen LogP contribution in [0.4, 0.5) is 10.8 Å². The Balaban J connectivity index is 1.30. The minimum absolute atomic E-state index is 0.0448. The Kier molecular flexibility index (Phi) is 7.38. The first kappa shape index (κ1) is 25.4. The molecule has 1 N–H and O–H groups in total. The van der Waals surface area contributed by atoms with Gasteiger partial charge in [-0.3, -0.25) is 30.1 Å². The van der Waals surface area contributed by atoms with Gasteiger partial charge in [0.05, 0.1) is 21.7 Å². The first-order chi connectivity index (χ1) is 18.4. The predicted octanol–water partition coefficient (Wildman–Crippen LogP) is 4.83. The van der Waals surface area contributed by atoms with Crippen molar-refractivity contribution in [3.8, 4) is 11.3 Å². The van der Waals surface area contributed by atoms with Gasteiger partial charge in [-0.05, 0) is 19.0 Å². The number of carbonyl (C=O) groups excluding carboxylic acids is 2. The number of para-hydroxylation sites is 1. The molecule has 5 rings (SSSR count). The van der Waals surface area contributed by atoms with Gasteiger partial charge >= 0.3 is 5.97 Å². The summed E-state index contributed by atoms with van der Waals surface area (Å²) in [6, 6.07) is 13.6. The number of hydrogen-bond donors (Lipinski definition) is 1. The number of fused-ring (bicyclic) bond motifs is 2. The molecule has 2 aromatic carbocycles. The summed E-state index contributed by atoms with van der Waals surface area (Å²) in [5.41, 5.74) is 3.95. The van der Waals surface area contributed by atoms with Crippen LogP contribution in [-0.2, 0) is 22.5 Å². The van der Waals surface area contributed by atoms with Crippen molar-refractivity contribution in [3.05, 3.63) is 80.8 Å². The Hall–Kier alpha value is -4.22. The van der Waals surface area contributed by atoms with Gasteiger partial charge in [-0.2, -0.15) is 0 Å². The standard InChI is InChI=1S/C27H25N5O5S/c1-2-11-31-12-10-22-20(14-31)25(19-8-3-4-9-21(19)28-22)26(34)37-15-24(33)30-27-29-23(16-38-27)17-6-5-7-18(13-17)32(35)36/h3-9,13,16H,2,10-12,14-15H2,1H3,(H,29,30,33). The zero-order chi connectivity index (χ0) is 26.6. The minimum atomic E-state index is -0.565. The van der Waals surface area contributed by atoms with E-state index in [1.807, 2.05) is 24.3 Å². The lowest BCUT2D eigenvalue weighted by atomic mass is 9.95. The maximum Gasteiger partial charge on any atom is 0.339 e. The van der Waals surface area contributed by atoms with Gasteiger partial charge < -0.3 is 4.74 Å². The average molecular weight is 532 g/mol. The second kappa shape index (κ2) is 11.0. The summed E-state index contributed by atoms with van der Waals surface area (Å²) < 4.78 is 5.47. The number of nitro benzene ring substituents is 1. The number of rotatable bonds is 8. The molecule has 4 aromatic rings. The van der Waals surface area contributed by atoms with E-state index in [2.05, 4.69) is 22.1 Å². The Morgan fingerprint density at radius 3 is 2.84 bits per heavy atom. The minimum Gasteiger partial charge on any atom is -0.452 e. The van der Waals surface area contributed by atoms with E-state index in [1.54, 1.807) is 17.5 Å². The van der Waals surface area contributed by atoms with Crippen LogP contribution in [0.15, 0.2) is 53.9 Å². The van der Waals surface area contributed by atoms with Crippen molar-refractivity contribution in [2.45, 2.75) is 26.3 Å². The van der Waals surface area contributed by atoms with Crippen LogP contribution in [0.2, 0.25) is 0 Å². The number of thiazole rings is 1. The van der Waals surface area contributed by atoms with E-state index in [9.17, 15) is 19.7 Å². The number of ether oxygens (including phenoxy) is 1. The van der Waals surface area contributed by atoms with Crippen LogP contribution in [0.5, 0.6) is 0 Å². The third-order valence-corrected chi connectivity index (χ3v) is 7.06. The van der Waals surface area contributed by atoms with Crippen molar-refractivity contribution < 1.29 is 19.2 Å². The second-order valence-electron chi connectivity index (χ2n) is 8.92. The molecule has 1 aliphatic heterocycles. The van der Waals surface area contributed by atoms with E-state index in [-0.39, 0.29) is 5.69 Å². The molecule has 0 saturated heterocycles. The number of aromatic nitrogens is 2. The van der Waals surface area contributed by atoms with Crippen molar-refractivity contribution in [2.75, 3.05) is 25.0 Å². The SMILES string of the molecule is CCCN1CCc2nc3ccccc3c(C(=O)OCC(=O)Nc3nc(-c4cccc([N+](=O)[O-])c4)cs3)c2C1. The van der Waals surface area contributed by atoms with Crippen LogP contribution in [0.3, 0.4) is 0 Å². The van der Waals surface area contributed by atoms with Gasteiger partial charge in [-0.15, -0.1) is 11.3 Å². The van der Waals surface area contributed by atoms with Crippen molar-refractivity contribution in [1.82, 2.24) is 14.9 Å². The second-order valence-corrected chi connectivity index (χ2v) is 9.78. The highest BCUT2D eigenvalue weighted by Gasteiger charge is 2.27. The molecule has 10 nitrogen and oxygen atoms in total. The fourth-order valence-electron chi connectivity index (χ4n) is 4.59. The highest BCUT2D eigenvalue weighted by atomic mass is 32.1. The van der Waals surface area contributed by atoms with Gasteiger partial charge in [0, 0.05) is 59.2 Å². The molecule has 0 saturated carbocycles. The first-order valence-corrected chi connectivity index (χ1v) is 13.1. The van der Waals surface area contributed by atoms with Crippen molar-refractivity contribution in [3.63, 3.8) is 0 Å². The summed E-state index contributed by atoms with van der Waals surface area (Å²) in [5.74, 6) is -1.09. The smallest absolute Gasteiger partial charge is 0.339 e. The quantitative estimate of drug-likeness (QED) is 0.195. The fourth-order valence-corrected chi connectivity index (χ4v) is 5.32. The molecule has 194 valence electrons. The van der Waals surface area contributed by atoms with E-state index in [4.69, 9.17) is 9.72 Å². The van der Waals surface area contributed by atoms with E-state index in [0.717, 1.165) is 42.7 Å². The van der Waals surface area contributed by atoms with Gasteiger partial charge in [0.2, 0.25) is 0 Å². The molecule has 38 heavy (non-hydrogen) atoms. The molecule has 0 aliphatic carbocycles. The molecule has 0 spiro atoms. The van der Waals surface area contributed by atoms with E-state index in [1.165, 1.54) is 23.5 Å². The van der Waals surface area contributed by atoms with E-state index in [0.29, 0.717) is 33.9 Å². The van der Waals surface area contributed by atoms with Crippen molar-refractivity contribution in [2.24, 2.45) is 0 Å². The number of nitrogens with one attached hydrogen (secondary N) is 1. The number of non-ortho nitro benzene ring substituents is 1. The van der Waals surface area contributed by atoms with Crippen LogP contribution in [0.25, 0.3) is 22.2 Å². The summed E-state index contributed by atoms with van der Waals surface area (Å²) in [5, 5.41) is 16.4. The van der Waals surface area contributed by atoms with Crippen molar-refractivity contribution in [1.29, 1.82) is 0 Å². The van der Waals surface area contributed by atoms with Gasteiger partial charge in [0.25, 0.3) is 11.6 Å². The molecule has 2 aromatic heterocycles. The fraction of sp³-hybridized carbons (Fsp3) is 0.259. The zero-order valence-electron chi connectivity index (χ0n) is 20.7. The Morgan fingerprint density at radius 2 is 2.03 bits per heavy atom. The monoisotopic (exact) mass is 531 g/mol. The number of nitrogens with zero attached hydrogens (tertiary/aromatic N) is 4. The zero-order valence-corrected chi connectivity index (χ0v) is 21.5. The van der Waals surface area contributed by atoms with Crippen LogP contribution >= 0.6 is 11.3 Å². The highest BCUT2D eigenvalue weighted by molar-refractivity contribution is 7.14. The number of nitro groups is 1. The Labute approximate surface area is 222 Å². The number of benzene rings is 2. The largest absolute Gasteiger partial charge is 0.452 e. The number of hydrogen-bond acceptors (Lipinski definition) is 9. The Morgan fingerprint density at radius 1 is 1.18 bits per heavy atom. The maximum atomic E-state index is 13.3. The number of pyridine rings is 1. The number of amides is 1. The first-order valence-electron chi connectivity index (χ1n) is 12.2. The normalized spacial score (nSPS) is 13.2. The van der Waals surface area contributed by atoms with Crippen LogP contribution in [-0.4, -0.2) is 51.4 Å². The summed E-state index contributed by atoms with van der Waals surface area (Å²) in [6.07, 6.45) is 1.76. The van der Waals surface area contributed by atoms with E-state index >= 15 is 0 Å². The van der Waals surface area contributed by atoms with Crippen molar-refractivity contribution >= 4 is 44.9 Å². The molecular formula is C27H25N5O5S. The predicted molar refractivity (Wildman–Crippen MR) is 144 cm³/mol. The number of carbonyl (C=O) groups is 2. The van der Waals surface area contributed by atoms with Gasteiger partial charge in [0.15, 0.2) is 11.7 Å². The summed E-state index contributed by atoms with van der Waals surface area (Å²) in [6.45, 7) is 4.06. The molecule has 3 heterocycles. The molecule has 0 unspecified atom stereocenters. The van der Waals surface area contributed by atoms with Crippen LogP contribution < -0.4 is 5.32 Å². The molecule has 0 fully saturated rings. The Bertz CT molecular complexity index is 1540. The molecule has 0 bridgehead atoms. The number of esters is 1. The molecule has 1 amide bonds.